The molecule has 0 aromatic rings. The zero-order chi connectivity index (χ0) is 43.0. The van der Waals surface area contributed by atoms with Crippen LogP contribution in [0.1, 0.15) is 265 Å². The standard InChI is InChI=1S/C53H96O6/c1-4-7-10-13-16-19-22-24-26-27-28-30-31-34-37-40-43-46-52(55)58-49-50(48-57-51(54)45-42-39-36-33-21-18-15-12-9-6-3)59-53(56)47-44-41-38-35-32-29-25-23-20-17-14-11-8-5-2/h24,26,28,30,34,37,50H,4-23,25,27,29,31-33,35-36,38-49H2,1-3H3/b26-24-,30-28-,37-34-. The fourth-order valence-electron chi connectivity index (χ4n) is 7.28. The number of rotatable bonds is 46. The maximum absolute atomic E-state index is 12.8. The number of allylic oxidation sites excluding steroid dienone is 6. The molecule has 0 N–H and O–H groups in total. The van der Waals surface area contributed by atoms with Gasteiger partial charge < -0.3 is 14.2 Å². The molecule has 0 saturated carbocycles. The van der Waals surface area contributed by atoms with Crippen LogP contribution >= 0.6 is 0 Å². The average molecular weight is 829 g/mol. The third-order valence-electron chi connectivity index (χ3n) is 11.1. The zero-order valence-electron chi connectivity index (χ0n) is 39.3. The van der Waals surface area contributed by atoms with Crippen LogP contribution in [0.4, 0.5) is 0 Å². The minimum absolute atomic E-state index is 0.0838. The molecule has 6 nitrogen and oxygen atoms in total. The van der Waals surface area contributed by atoms with Crippen molar-refractivity contribution in [3.05, 3.63) is 36.5 Å². The van der Waals surface area contributed by atoms with Crippen LogP contribution in [0.2, 0.25) is 0 Å². The van der Waals surface area contributed by atoms with Crippen LogP contribution in [0.3, 0.4) is 0 Å². The number of carbonyl (C=O) groups is 3. The Labute approximate surface area is 365 Å². The van der Waals surface area contributed by atoms with Gasteiger partial charge in [-0.15, -0.1) is 0 Å². The molecule has 0 aromatic heterocycles. The van der Waals surface area contributed by atoms with Crippen LogP contribution in [-0.4, -0.2) is 37.2 Å². The monoisotopic (exact) mass is 829 g/mol. The Morgan fingerprint density at radius 1 is 0.339 bits per heavy atom. The highest BCUT2D eigenvalue weighted by Gasteiger charge is 2.19. The minimum Gasteiger partial charge on any atom is -0.462 e. The van der Waals surface area contributed by atoms with Crippen LogP contribution in [0.15, 0.2) is 36.5 Å². The maximum atomic E-state index is 12.8. The molecule has 59 heavy (non-hydrogen) atoms. The second-order valence-electron chi connectivity index (χ2n) is 17.1. The molecule has 1 unspecified atom stereocenters. The van der Waals surface area contributed by atoms with Crippen molar-refractivity contribution in [3.8, 4) is 0 Å². The Morgan fingerprint density at radius 3 is 1.02 bits per heavy atom. The van der Waals surface area contributed by atoms with Crippen LogP contribution in [0, 0.1) is 0 Å². The normalized spacial score (nSPS) is 12.3. The first-order valence-corrected chi connectivity index (χ1v) is 25.5. The number of ether oxygens (including phenoxy) is 3. The van der Waals surface area contributed by atoms with E-state index in [-0.39, 0.29) is 31.1 Å². The lowest BCUT2D eigenvalue weighted by atomic mass is 10.0. The molecule has 0 aliphatic rings. The summed E-state index contributed by atoms with van der Waals surface area (Å²) in [5, 5.41) is 0. The van der Waals surface area contributed by atoms with Crippen molar-refractivity contribution in [2.75, 3.05) is 13.2 Å². The molecule has 0 bridgehead atoms. The van der Waals surface area contributed by atoms with Gasteiger partial charge in [-0.05, 0) is 51.4 Å². The van der Waals surface area contributed by atoms with Gasteiger partial charge in [0.1, 0.15) is 13.2 Å². The van der Waals surface area contributed by atoms with Crippen molar-refractivity contribution < 1.29 is 28.6 Å². The third-order valence-corrected chi connectivity index (χ3v) is 11.1. The van der Waals surface area contributed by atoms with Gasteiger partial charge in [0.05, 0.1) is 0 Å². The van der Waals surface area contributed by atoms with E-state index in [0.29, 0.717) is 25.7 Å². The van der Waals surface area contributed by atoms with E-state index in [2.05, 4.69) is 57.2 Å². The quantitative estimate of drug-likeness (QED) is 0.0263. The van der Waals surface area contributed by atoms with E-state index in [9.17, 15) is 14.4 Å². The molecule has 6 heteroatoms. The molecular weight excluding hydrogens is 733 g/mol. The van der Waals surface area contributed by atoms with Gasteiger partial charge >= 0.3 is 17.9 Å². The SMILES string of the molecule is CCCCCCCC/C=C\C/C=C\C/C=C\CCCC(=O)OCC(COC(=O)CCCCCCCCCCCC)OC(=O)CCCCCCCCCCCCCCCC. The fraction of sp³-hybridized carbons (Fsp3) is 0.830. The summed E-state index contributed by atoms with van der Waals surface area (Å²) in [7, 11) is 0. The van der Waals surface area contributed by atoms with E-state index in [4.69, 9.17) is 14.2 Å². The van der Waals surface area contributed by atoms with E-state index >= 15 is 0 Å². The Balaban J connectivity index is 4.40. The summed E-state index contributed by atoms with van der Waals surface area (Å²) < 4.78 is 16.7. The van der Waals surface area contributed by atoms with E-state index in [1.165, 1.54) is 161 Å². The Morgan fingerprint density at radius 2 is 0.627 bits per heavy atom. The lowest BCUT2D eigenvalue weighted by molar-refractivity contribution is -0.167. The highest BCUT2D eigenvalue weighted by Crippen LogP contribution is 2.15. The summed E-state index contributed by atoms with van der Waals surface area (Å²) in [5.74, 6) is -0.930. The van der Waals surface area contributed by atoms with Gasteiger partial charge in [-0.3, -0.25) is 14.4 Å². The molecule has 0 radical (unpaired) electrons. The molecule has 0 heterocycles. The summed E-state index contributed by atoms with van der Waals surface area (Å²) in [6.45, 7) is 6.59. The van der Waals surface area contributed by atoms with Crippen molar-refractivity contribution in [2.24, 2.45) is 0 Å². The lowest BCUT2D eigenvalue weighted by Gasteiger charge is -2.18. The Bertz CT molecular complexity index is 1000. The molecule has 1 atom stereocenters. The number of carbonyl (C=O) groups excluding carboxylic acids is 3. The molecule has 0 fully saturated rings. The first-order valence-electron chi connectivity index (χ1n) is 25.5. The molecule has 0 amide bonds. The van der Waals surface area contributed by atoms with Crippen molar-refractivity contribution in [1.29, 1.82) is 0 Å². The van der Waals surface area contributed by atoms with E-state index in [1.807, 2.05) is 0 Å². The Kier molecular flexibility index (Phi) is 46.4. The van der Waals surface area contributed by atoms with Gasteiger partial charge in [0.25, 0.3) is 0 Å². The number of esters is 3. The second-order valence-corrected chi connectivity index (χ2v) is 17.1. The first-order chi connectivity index (χ1) is 29.0. The summed E-state index contributed by atoms with van der Waals surface area (Å²) >= 11 is 0. The van der Waals surface area contributed by atoms with E-state index in [1.54, 1.807) is 0 Å². The minimum atomic E-state index is -0.785. The summed E-state index contributed by atoms with van der Waals surface area (Å²) in [6, 6.07) is 0. The molecule has 0 aliphatic carbocycles. The second kappa shape index (κ2) is 48.3. The Hall–Kier alpha value is -2.37. The summed E-state index contributed by atoms with van der Waals surface area (Å²) in [6.07, 6.45) is 55.6. The predicted octanol–water partition coefficient (Wildman–Crippen LogP) is 16.5. The van der Waals surface area contributed by atoms with E-state index < -0.39 is 6.10 Å². The summed E-state index contributed by atoms with van der Waals surface area (Å²) in [4.78, 5) is 37.8. The van der Waals surface area contributed by atoms with Gasteiger partial charge in [-0.1, -0.05) is 231 Å². The largest absolute Gasteiger partial charge is 0.462 e. The van der Waals surface area contributed by atoms with Crippen molar-refractivity contribution in [1.82, 2.24) is 0 Å². The van der Waals surface area contributed by atoms with Crippen LogP contribution in [0.5, 0.6) is 0 Å². The molecule has 0 saturated heterocycles. The van der Waals surface area contributed by atoms with Crippen LogP contribution in [-0.2, 0) is 28.6 Å². The lowest BCUT2D eigenvalue weighted by Crippen LogP contribution is -2.30. The van der Waals surface area contributed by atoms with Crippen molar-refractivity contribution >= 4 is 17.9 Å². The van der Waals surface area contributed by atoms with E-state index in [0.717, 1.165) is 57.8 Å². The van der Waals surface area contributed by atoms with Crippen LogP contribution in [0.25, 0.3) is 0 Å². The molecule has 0 rings (SSSR count). The number of unbranched alkanes of at least 4 members (excludes halogenated alkanes) is 29. The van der Waals surface area contributed by atoms with Crippen molar-refractivity contribution in [3.63, 3.8) is 0 Å². The zero-order valence-corrected chi connectivity index (χ0v) is 39.3. The molecule has 0 aliphatic heterocycles. The average Bonchev–Trinajstić information content (AvgIpc) is 3.23. The topological polar surface area (TPSA) is 78.9 Å². The first kappa shape index (κ1) is 56.6. The van der Waals surface area contributed by atoms with Crippen molar-refractivity contribution in [2.45, 2.75) is 271 Å². The molecule has 0 aromatic carbocycles. The van der Waals surface area contributed by atoms with Crippen LogP contribution < -0.4 is 0 Å². The highest BCUT2D eigenvalue weighted by molar-refractivity contribution is 5.71. The van der Waals surface area contributed by atoms with Gasteiger partial charge in [0, 0.05) is 19.3 Å². The van der Waals surface area contributed by atoms with Gasteiger partial charge in [0.15, 0.2) is 6.10 Å². The maximum Gasteiger partial charge on any atom is 0.306 e. The van der Waals surface area contributed by atoms with Gasteiger partial charge in [-0.2, -0.15) is 0 Å². The van der Waals surface area contributed by atoms with Gasteiger partial charge in [0.2, 0.25) is 0 Å². The highest BCUT2D eigenvalue weighted by atomic mass is 16.6. The van der Waals surface area contributed by atoms with Gasteiger partial charge in [-0.25, -0.2) is 0 Å². The smallest absolute Gasteiger partial charge is 0.306 e. The molecule has 0 spiro atoms. The number of hydrogen-bond acceptors (Lipinski definition) is 6. The third kappa shape index (κ3) is 46.5. The predicted molar refractivity (Wildman–Crippen MR) is 252 cm³/mol. The fourth-order valence-corrected chi connectivity index (χ4v) is 7.28. The number of hydrogen-bond donors (Lipinski definition) is 0. The summed E-state index contributed by atoms with van der Waals surface area (Å²) in [5.41, 5.74) is 0. The molecular formula is C53H96O6. The molecule has 344 valence electrons.